The maximum Gasteiger partial charge on any atom is 0.218 e. The molecule has 3 N–H and O–H groups in total. The van der Waals surface area contributed by atoms with Crippen LogP contribution >= 0.6 is 12.2 Å². The molecular weight excluding hydrogens is 224 g/mol. The van der Waals surface area contributed by atoms with E-state index in [1.54, 1.807) is 6.07 Å². The van der Waals surface area contributed by atoms with E-state index in [1.165, 1.54) is 12.5 Å². The molecule has 0 aromatic carbocycles. The van der Waals surface area contributed by atoms with Crippen molar-refractivity contribution in [3.8, 4) is 0 Å². The molecule has 78 valence electrons. The number of hydrogen-bond acceptors (Lipinski definition) is 4. The van der Waals surface area contributed by atoms with Gasteiger partial charge in [-0.1, -0.05) is 12.2 Å². The summed E-state index contributed by atoms with van der Waals surface area (Å²) in [7, 11) is -3.41. The van der Waals surface area contributed by atoms with Crippen molar-refractivity contribution < 1.29 is 12.8 Å². The van der Waals surface area contributed by atoms with Crippen molar-refractivity contribution in [3.05, 3.63) is 24.2 Å². The molecule has 1 aromatic rings. The molecule has 0 unspecified atom stereocenters. The van der Waals surface area contributed by atoms with E-state index in [0.29, 0.717) is 0 Å². The summed E-state index contributed by atoms with van der Waals surface area (Å²) in [5.74, 6) is -0.333. The molecular formula is C7H10N2O3S2. The second-order valence-corrected chi connectivity index (χ2v) is 5.01. The minimum Gasteiger partial charge on any atom is -0.472 e. The van der Waals surface area contributed by atoms with Crippen LogP contribution in [-0.2, 0) is 16.6 Å². The molecule has 0 saturated heterocycles. The Morgan fingerprint density at radius 1 is 1.64 bits per heavy atom. The van der Waals surface area contributed by atoms with Gasteiger partial charge in [0.25, 0.3) is 0 Å². The summed E-state index contributed by atoms with van der Waals surface area (Å²) in [6, 6.07) is 1.67. The van der Waals surface area contributed by atoms with Gasteiger partial charge >= 0.3 is 0 Å². The first kappa shape index (κ1) is 11.2. The molecule has 0 spiro atoms. The predicted molar refractivity (Wildman–Crippen MR) is 56.1 cm³/mol. The molecule has 0 aliphatic carbocycles. The molecule has 0 saturated carbocycles. The fourth-order valence-corrected chi connectivity index (χ4v) is 2.15. The summed E-state index contributed by atoms with van der Waals surface area (Å²) >= 11 is 4.50. The number of rotatable bonds is 5. The molecule has 1 heterocycles. The molecule has 7 heteroatoms. The van der Waals surface area contributed by atoms with Crippen molar-refractivity contribution in [1.29, 1.82) is 0 Å². The Morgan fingerprint density at radius 3 is 2.86 bits per heavy atom. The molecule has 0 amide bonds. The Balaban J connectivity index is 2.49. The zero-order chi connectivity index (χ0) is 10.6. The largest absolute Gasteiger partial charge is 0.472 e. The van der Waals surface area contributed by atoms with E-state index in [1.807, 2.05) is 0 Å². The lowest BCUT2D eigenvalue weighted by molar-refractivity contribution is 0.561. The Hall–Kier alpha value is -0.920. The topological polar surface area (TPSA) is 85.3 Å². The maximum absolute atomic E-state index is 11.2. The first-order valence-electron chi connectivity index (χ1n) is 3.76. The van der Waals surface area contributed by atoms with Gasteiger partial charge < -0.3 is 10.2 Å². The smallest absolute Gasteiger partial charge is 0.218 e. The molecule has 1 rings (SSSR count). The molecule has 0 fully saturated rings. The number of furan rings is 1. The van der Waals surface area contributed by atoms with Crippen LogP contribution in [-0.4, -0.2) is 19.2 Å². The number of nitrogens with two attached hydrogens (primary N) is 1. The minimum atomic E-state index is -3.41. The Bertz CT molecular complexity index is 397. The van der Waals surface area contributed by atoms with E-state index in [9.17, 15) is 8.42 Å². The van der Waals surface area contributed by atoms with Gasteiger partial charge in [-0.05, 0) is 6.07 Å². The second kappa shape index (κ2) is 4.54. The van der Waals surface area contributed by atoms with Crippen LogP contribution in [0.25, 0.3) is 0 Å². The fourth-order valence-electron chi connectivity index (χ4n) is 0.825. The lowest BCUT2D eigenvalue weighted by Gasteiger charge is -2.03. The van der Waals surface area contributed by atoms with Gasteiger partial charge in [-0.3, -0.25) is 0 Å². The third kappa shape index (κ3) is 3.86. The number of sulfonamides is 1. The summed E-state index contributed by atoms with van der Waals surface area (Å²) < 4.78 is 29.6. The van der Waals surface area contributed by atoms with Crippen molar-refractivity contribution >= 4 is 27.2 Å². The van der Waals surface area contributed by atoms with Crippen LogP contribution in [0, 0.1) is 0 Å². The monoisotopic (exact) mass is 234 g/mol. The van der Waals surface area contributed by atoms with Crippen LogP contribution in [0.15, 0.2) is 23.0 Å². The van der Waals surface area contributed by atoms with Crippen molar-refractivity contribution in [2.45, 2.75) is 6.54 Å². The van der Waals surface area contributed by atoms with E-state index in [0.717, 1.165) is 5.56 Å². The highest BCUT2D eigenvalue weighted by Gasteiger charge is 2.11. The van der Waals surface area contributed by atoms with Crippen LogP contribution in [0.4, 0.5) is 0 Å². The standard InChI is InChI=1S/C7H10N2O3S2/c8-7(13)5-14(10,11)9-3-6-1-2-12-4-6/h1-2,4,9H,3,5H2,(H2,8,13). The zero-order valence-electron chi connectivity index (χ0n) is 7.26. The van der Waals surface area contributed by atoms with E-state index in [2.05, 4.69) is 16.9 Å². The van der Waals surface area contributed by atoms with Crippen molar-refractivity contribution in [2.75, 3.05) is 5.75 Å². The molecule has 5 nitrogen and oxygen atoms in total. The zero-order valence-corrected chi connectivity index (χ0v) is 8.90. The van der Waals surface area contributed by atoms with Crippen LogP contribution in [0.1, 0.15) is 5.56 Å². The highest BCUT2D eigenvalue weighted by Crippen LogP contribution is 1.99. The fraction of sp³-hybridized carbons (Fsp3) is 0.286. The summed E-state index contributed by atoms with van der Waals surface area (Å²) in [6.07, 6.45) is 2.93. The van der Waals surface area contributed by atoms with Gasteiger partial charge in [0.2, 0.25) is 10.0 Å². The van der Waals surface area contributed by atoms with Gasteiger partial charge in [-0.25, -0.2) is 13.1 Å². The molecule has 0 bridgehead atoms. The first-order chi connectivity index (χ1) is 6.49. The van der Waals surface area contributed by atoms with Crippen LogP contribution < -0.4 is 10.5 Å². The van der Waals surface area contributed by atoms with Crippen molar-refractivity contribution in [1.82, 2.24) is 4.72 Å². The average molecular weight is 234 g/mol. The Labute approximate surface area is 87.3 Å². The lowest BCUT2D eigenvalue weighted by atomic mass is 10.4. The summed E-state index contributed by atoms with van der Waals surface area (Å²) in [5.41, 5.74) is 5.87. The van der Waals surface area contributed by atoms with Crippen LogP contribution in [0.5, 0.6) is 0 Å². The molecule has 0 radical (unpaired) electrons. The van der Waals surface area contributed by atoms with Gasteiger partial charge in [0.05, 0.1) is 17.5 Å². The van der Waals surface area contributed by atoms with Gasteiger partial charge in [-0.15, -0.1) is 0 Å². The SMILES string of the molecule is NC(=S)CS(=O)(=O)NCc1ccoc1. The molecule has 0 aliphatic rings. The highest BCUT2D eigenvalue weighted by atomic mass is 32.2. The molecule has 14 heavy (non-hydrogen) atoms. The normalized spacial score (nSPS) is 11.4. The Morgan fingerprint density at radius 2 is 2.36 bits per heavy atom. The summed E-state index contributed by atoms with van der Waals surface area (Å²) in [4.78, 5) is -0.0512. The average Bonchev–Trinajstić information content (AvgIpc) is 2.50. The third-order valence-electron chi connectivity index (χ3n) is 1.41. The van der Waals surface area contributed by atoms with Gasteiger partial charge in [0.1, 0.15) is 5.75 Å². The Kier molecular flexibility index (Phi) is 3.62. The maximum atomic E-state index is 11.2. The molecule has 0 aliphatic heterocycles. The number of thiocarbonyl (C=S) groups is 1. The highest BCUT2D eigenvalue weighted by molar-refractivity contribution is 7.92. The second-order valence-electron chi connectivity index (χ2n) is 2.68. The summed E-state index contributed by atoms with van der Waals surface area (Å²) in [5, 5.41) is 0. The molecule has 0 atom stereocenters. The number of nitrogens with one attached hydrogen (secondary N) is 1. The van der Waals surface area contributed by atoms with Gasteiger partial charge in [-0.2, -0.15) is 0 Å². The van der Waals surface area contributed by atoms with Crippen molar-refractivity contribution in [2.24, 2.45) is 5.73 Å². The first-order valence-corrected chi connectivity index (χ1v) is 5.82. The molecule has 1 aromatic heterocycles. The van der Waals surface area contributed by atoms with E-state index in [4.69, 9.17) is 10.2 Å². The predicted octanol–water partition coefficient (Wildman–Crippen LogP) is -0.0149. The van der Waals surface area contributed by atoms with Gasteiger partial charge in [0.15, 0.2) is 0 Å². The third-order valence-corrected chi connectivity index (χ3v) is 3.01. The summed E-state index contributed by atoms with van der Waals surface area (Å²) in [6.45, 7) is 0.182. The van der Waals surface area contributed by atoms with E-state index < -0.39 is 10.0 Å². The lowest BCUT2D eigenvalue weighted by Crippen LogP contribution is -2.31. The van der Waals surface area contributed by atoms with E-state index in [-0.39, 0.29) is 17.3 Å². The van der Waals surface area contributed by atoms with E-state index >= 15 is 0 Å². The number of hydrogen-bond donors (Lipinski definition) is 2. The van der Waals surface area contributed by atoms with Crippen LogP contribution in [0.2, 0.25) is 0 Å². The van der Waals surface area contributed by atoms with Crippen LogP contribution in [0.3, 0.4) is 0 Å². The quantitative estimate of drug-likeness (QED) is 0.700. The van der Waals surface area contributed by atoms with Gasteiger partial charge in [0, 0.05) is 12.1 Å². The minimum absolute atomic E-state index is 0.0512. The van der Waals surface area contributed by atoms with Crippen molar-refractivity contribution in [3.63, 3.8) is 0 Å².